The molecule has 0 fully saturated rings. The Hall–Kier alpha value is -2.63. The third-order valence-electron chi connectivity index (χ3n) is 3.37. The third-order valence-corrected chi connectivity index (χ3v) is 3.37. The summed E-state index contributed by atoms with van der Waals surface area (Å²) in [5.74, 6) is -0.245. The van der Waals surface area contributed by atoms with Gasteiger partial charge in [-0.05, 0) is 31.0 Å². The van der Waals surface area contributed by atoms with Crippen LogP contribution < -0.4 is 10.6 Å². The quantitative estimate of drug-likeness (QED) is 0.867. The van der Waals surface area contributed by atoms with E-state index in [9.17, 15) is 9.59 Å². The Morgan fingerprint density at radius 3 is 2.68 bits per heavy atom. The van der Waals surface area contributed by atoms with E-state index in [1.165, 1.54) is 0 Å². The zero-order valence-electron chi connectivity index (χ0n) is 13.0. The van der Waals surface area contributed by atoms with Crippen LogP contribution in [-0.4, -0.2) is 35.2 Å². The van der Waals surface area contributed by atoms with Crippen LogP contribution in [0.15, 0.2) is 30.5 Å². The van der Waals surface area contributed by atoms with E-state index < -0.39 is 0 Å². The smallest absolute Gasteiger partial charge is 0.254 e. The molecule has 1 aromatic carbocycles. The summed E-state index contributed by atoms with van der Waals surface area (Å²) in [5.41, 5.74) is 2.92. The fourth-order valence-corrected chi connectivity index (χ4v) is 2.25. The second kappa shape index (κ2) is 6.89. The van der Waals surface area contributed by atoms with Crippen molar-refractivity contribution in [2.75, 3.05) is 13.6 Å². The third kappa shape index (κ3) is 3.72. The minimum atomic E-state index is -0.131. The normalized spacial score (nSPS) is 10.3. The molecular weight excluding hydrogens is 280 g/mol. The van der Waals surface area contributed by atoms with Gasteiger partial charge in [0.15, 0.2) is 0 Å². The molecule has 6 heteroatoms. The van der Waals surface area contributed by atoms with Crippen molar-refractivity contribution in [2.24, 2.45) is 7.05 Å². The highest BCUT2D eigenvalue weighted by atomic mass is 16.2. The average molecular weight is 300 g/mol. The van der Waals surface area contributed by atoms with Crippen molar-refractivity contribution in [3.8, 4) is 0 Å². The van der Waals surface area contributed by atoms with Gasteiger partial charge in [-0.1, -0.05) is 12.1 Å². The Balaban J connectivity index is 1.92. The molecule has 0 saturated carbocycles. The minimum absolute atomic E-state index is 0.114. The lowest BCUT2D eigenvalue weighted by molar-refractivity contribution is 0.0948. The summed E-state index contributed by atoms with van der Waals surface area (Å²) in [6, 6.07) is 7.38. The van der Waals surface area contributed by atoms with Gasteiger partial charge in [-0.2, -0.15) is 5.10 Å². The molecule has 0 radical (unpaired) electrons. The zero-order chi connectivity index (χ0) is 16.1. The van der Waals surface area contributed by atoms with Gasteiger partial charge >= 0.3 is 0 Å². The van der Waals surface area contributed by atoms with Gasteiger partial charge in [0.25, 0.3) is 11.8 Å². The van der Waals surface area contributed by atoms with E-state index in [0.717, 1.165) is 5.56 Å². The summed E-state index contributed by atoms with van der Waals surface area (Å²) in [7, 11) is 3.39. The first-order valence-corrected chi connectivity index (χ1v) is 7.10. The number of aryl methyl sites for hydroxylation is 2. The molecule has 6 nitrogen and oxygen atoms in total. The van der Waals surface area contributed by atoms with Crippen molar-refractivity contribution in [1.29, 1.82) is 0 Å². The summed E-state index contributed by atoms with van der Waals surface area (Å²) in [4.78, 5) is 23.6. The van der Waals surface area contributed by atoms with Gasteiger partial charge in [-0.15, -0.1) is 0 Å². The number of hydrogen-bond donors (Lipinski definition) is 2. The van der Waals surface area contributed by atoms with Crippen LogP contribution >= 0.6 is 0 Å². The molecule has 2 amide bonds. The second-order valence-corrected chi connectivity index (χ2v) is 5.09. The Morgan fingerprint density at radius 2 is 2.05 bits per heavy atom. The van der Waals surface area contributed by atoms with Crippen LogP contribution in [0, 0.1) is 6.92 Å². The Bertz CT molecular complexity index is 691. The van der Waals surface area contributed by atoms with Crippen molar-refractivity contribution < 1.29 is 9.59 Å². The molecule has 1 aromatic heterocycles. The lowest BCUT2D eigenvalue weighted by Crippen LogP contribution is -2.26. The van der Waals surface area contributed by atoms with Crippen LogP contribution in [0.5, 0.6) is 0 Å². The molecule has 0 atom stereocenters. The van der Waals surface area contributed by atoms with Crippen LogP contribution in [0.25, 0.3) is 0 Å². The number of nitrogens with one attached hydrogen (secondary N) is 2. The minimum Gasteiger partial charge on any atom is -0.355 e. The maximum atomic E-state index is 12.1. The fraction of sp³-hybridized carbons (Fsp3) is 0.312. The van der Waals surface area contributed by atoms with E-state index in [4.69, 9.17) is 0 Å². The molecule has 0 saturated heterocycles. The van der Waals surface area contributed by atoms with Crippen molar-refractivity contribution in [3.05, 3.63) is 52.8 Å². The zero-order valence-corrected chi connectivity index (χ0v) is 13.0. The van der Waals surface area contributed by atoms with E-state index in [1.54, 1.807) is 31.0 Å². The molecular formula is C16H20N4O2. The van der Waals surface area contributed by atoms with Gasteiger partial charge in [0.2, 0.25) is 0 Å². The summed E-state index contributed by atoms with van der Waals surface area (Å²) < 4.78 is 1.62. The molecule has 0 aliphatic heterocycles. The van der Waals surface area contributed by atoms with Gasteiger partial charge in [0, 0.05) is 32.4 Å². The van der Waals surface area contributed by atoms with Gasteiger partial charge in [-0.25, -0.2) is 0 Å². The van der Waals surface area contributed by atoms with Crippen LogP contribution in [-0.2, 0) is 13.5 Å². The highest BCUT2D eigenvalue weighted by Gasteiger charge is 2.11. The summed E-state index contributed by atoms with van der Waals surface area (Å²) in [5, 5.41) is 9.62. The number of rotatable bonds is 5. The van der Waals surface area contributed by atoms with Crippen molar-refractivity contribution >= 4 is 11.8 Å². The van der Waals surface area contributed by atoms with E-state index in [2.05, 4.69) is 15.7 Å². The van der Waals surface area contributed by atoms with E-state index in [0.29, 0.717) is 29.8 Å². The summed E-state index contributed by atoms with van der Waals surface area (Å²) in [6.07, 6.45) is 2.37. The number of nitrogens with zero attached hydrogens (tertiary/aromatic N) is 2. The van der Waals surface area contributed by atoms with Crippen molar-refractivity contribution in [2.45, 2.75) is 13.3 Å². The van der Waals surface area contributed by atoms with Gasteiger partial charge < -0.3 is 10.6 Å². The lowest BCUT2D eigenvalue weighted by atomic mass is 10.1. The summed E-state index contributed by atoms with van der Waals surface area (Å²) >= 11 is 0. The van der Waals surface area contributed by atoms with Crippen molar-refractivity contribution in [3.63, 3.8) is 0 Å². The molecule has 1 heterocycles. The van der Waals surface area contributed by atoms with Crippen LogP contribution in [0.3, 0.4) is 0 Å². The Kier molecular flexibility index (Phi) is 4.93. The van der Waals surface area contributed by atoms with Crippen LogP contribution in [0.4, 0.5) is 0 Å². The van der Waals surface area contributed by atoms with Crippen LogP contribution in [0.2, 0.25) is 0 Å². The van der Waals surface area contributed by atoms with Crippen LogP contribution in [0.1, 0.15) is 32.0 Å². The highest BCUT2D eigenvalue weighted by molar-refractivity contribution is 5.95. The molecule has 0 bridgehead atoms. The van der Waals surface area contributed by atoms with E-state index >= 15 is 0 Å². The topological polar surface area (TPSA) is 76.0 Å². The average Bonchev–Trinajstić information content (AvgIpc) is 2.85. The molecule has 0 spiro atoms. The van der Waals surface area contributed by atoms with E-state index in [1.807, 2.05) is 25.1 Å². The van der Waals surface area contributed by atoms with Gasteiger partial charge in [-0.3, -0.25) is 14.3 Å². The molecule has 0 unspecified atom stereocenters. The maximum Gasteiger partial charge on any atom is 0.254 e. The number of hydrogen-bond acceptors (Lipinski definition) is 3. The monoisotopic (exact) mass is 300 g/mol. The first-order chi connectivity index (χ1) is 10.5. The van der Waals surface area contributed by atoms with E-state index in [-0.39, 0.29) is 11.8 Å². The highest BCUT2D eigenvalue weighted by Crippen LogP contribution is 2.07. The lowest BCUT2D eigenvalue weighted by Gasteiger charge is -2.06. The fourth-order valence-electron chi connectivity index (χ4n) is 2.25. The Labute approximate surface area is 129 Å². The number of aromatic nitrogens is 2. The largest absolute Gasteiger partial charge is 0.355 e. The molecule has 2 aromatic rings. The maximum absolute atomic E-state index is 12.1. The predicted molar refractivity (Wildman–Crippen MR) is 83.8 cm³/mol. The second-order valence-electron chi connectivity index (χ2n) is 5.09. The van der Waals surface area contributed by atoms with Gasteiger partial charge in [0.05, 0.1) is 11.3 Å². The predicted octanol–water partition coefficient (Wildman–Crippen LogP) is 1.06. The number of benzene rings is 1. The number of amides is 2. The molecule has 2 N–H and O–H groups in total. The molecule has 0 aliphatic rings. The molecule has 0 aliphatic carbocycles. The summed E-state index contributed by atoms with van der Waals surface area (Å²) in [6.45, 7) is 2.31. The molecule has 116 valence electrons. The molecule has 22 heavy (non-hydrogen) atoms. The SMILES string of the molecule is CNC(=O)c1cccc(CCNC(=O)c2cn(C)nc2C)c1. The number of carbonyl (C=O) groups is 2. The van der Waals surface area contributed by atoms with Gasteiger partial charge in [0.1, 0.15) is 0 Å². The molecule has 2 rings (SSSR count). The Morgan fingerprint density at radius 1 is 1.27 bits per heavy atom. The number of carbonyl (C=O) groups excluding carboxylic acids is 2. The first-order valence-electron chi connectivity index (χ1n) is 7.10. The van der Waals surface area contributed by atoms with Crippen molar-refractivity contribution in [1.82, 2.24) is 20.4 Å². The first kappa shape index (κ1) is 15.8. The standard InChI is InChI=1S/C16H20N4O2/c1-11-14(10-20(3)19-11)16(22)18-8-7-12-5-4-6-13(9-12)15(21)17-2/h4-6,9-10H,7-8H2,1-3H3,(H,17,21)(H,18,22).